The normalized spacial score (nSPS) is 9.75. The molecule has 0 bridgehead atoms. The van der Waals surface area contributed by atoms with Crippen molar-refractivity contribution < 1.29 is 15.0 Å². The minimum Gasteiger partial charge on any atom is -0.505 e. The number of halogens is 1. The standard InChI is InChI=1S/C7H6ClNO3/c8-7-4(1-6(11)12)2-9-3-5(7)10/h2-3,10H,1H2,(H,11,12). The predicted octanol–water partition coefficient (Wildman–Crippen LogP) is 1.07. The van der Waals surface area contributed by atoms with Crippen molar-refractivity contribution in [2.24, 2.45) is 0 Å². The molecule has 64 valence electrons. The number of rotatable bonds is 2. The first-order valence-corrected chi connectivity index (χ1v) is 3.52. The molecule has 1 rings (SSSR count). The fraction of sp³-hybridized carbons (Fsp3) is 0.143. The van der Waals surface area contributed by atoms with E-state index in [1.54, 1.807) is 0 Å². The molecule has 0 aliphatic heterocycles. The molecule has 0 saturated heterocycles. The van der Waals surface area contributed by atoms with Gasteiger partial charge in [0.1, 0.15) is 0 Å². The van der Waals surface area contributed by atoms with Gasteiger partial charge in [-0.15, -0.1) is 0 Å². The lowest BCUT2D eigenvalue weighted by Crippen LogP contribution is -2.01. The van der Waals surface area contributed by atoms with Crippen LogP contribution >= 0.6 is 11.6 Å². The van der Waals surface area contributed by atoms with Gasteiger partial charge in [-0.05, 0) is 0 Å². The summed E-state index contributed by atoms with van der Waals surface area (Å²) in [4.78, 5) is 13.9. The second-order valence-electron chi connectivity index (χ2n) is 2.20. The molecule has 0 amide bonds. The molecule has 2 N–H and O–H groups in total. The van der Waals surface area contributed by atoms with Crippen LogP contribution in [0, 0.1) is 0 Å². The lowest BCUT2D eigenvalue weighted by molar-refractivity contribution is -0.136. The van der Waals surface area contributed by atoms with E-state index in [0.717, 1.165) is 6.20 Å². The number of aromatic nitrogens is 1. The molecule has 0 aromatic carbocycles. The number of hydrogen-bond donors (Lipinski definition) is 2. The van der Waals surface area contributed by atoms with Crippen molar-refractivity contribution >= 4 is 17.6 Å². The molecular weight excluding hydrogens is 182 g/mol. The zero-order chi connectivity index (χ0) is 9.14. The van der Waals surface area contributed by atoms with Crippen molar-refractivity contribution in [3.63, 3.8) is 0 Å². The van der Waals surface area contributed by atoms with Crippen LogP contribution in [0.3, 0.4) is 0 Å². The fourth-order valence-electron chi connectivity index (χ4n) is 0.762. The molecule has 1 aromatic rings. The largest absolute Gasteiger partial charge is 0.505 e. The van der Waals surface area contributed by atoms with Crippen molar-refractivity contribution in [2.45, 2.75) is 6.42 Å². The Morgan fingerprint density at radius 1 is 1.58 bits per heavy atom. The number of hydrogen-bond acceptors (Lipinski definition) is 3. The predicted molar refractivity (Wildman–Crippen MR) is 42.3 cm³/mol. The smallest absolute Gasteiger partial charge is 0.307 e. The molecule has 0 unspecified atom stereocenters. The van der Waals surface area contributed by atoms with Gasteiger partial charge in [0.25, 0.3) is 0 Å². The Morgan fingerprint density at radius 3 is 2.83 bits per heavy atom. The summed E-state index contributed by atoms with van der Waals surface area (Å²) < 4.78 is 0. The summed E-state index contributed by atoms with van der Waals surface area (Å²) in [6, 6.07) is 0. The first kappa shape index (κ1) is 8.80. The van der Waals surface area contributed by atoms with Crippen LogP contribution in [0.15, 0.2) is 12.4 Å². The summed E-state index contributed by atoms with van der Waals surface area (Å²) in [5.74, 6) is -1.21. The molecule has 5 heteroatoms. The van der Waals surface area contributed by atoms with E-state index in [-0.39, 0.29) is 17.2 Å². The van der Waals surface area contributed by atoms with E-state index in [4.69, 9.17) is 21.8 Å². The van der Waals surface area contributed by atoms with Gasteiger partial charge in [-0.2, -0.15) is 0 Å². The van der Waals surface area contributed by atoms with Gasteiger partial charge >= 0.3 is 5.97 Å². The van der Waals surface area contributed by atoms with Gasteiger partial charge in [0.05, 0.1) is 17.6 Å². The maximum absolute atomic E-state index is 10.3. The number of nitrogens with zero attached hydrogens (tertiary/aromatic N) is 1. The van der Waals surface area contributed by atoms with Crippen LogP contribution in [0.25, 0.3) is 0 Å². The molecule has 0 aliphatic carbocycles. The van der Waals surface area contributed by atoms with Crippen LogP contribution in [0.4, 0.5) is 0 Å². The maximum atomic E-state index is 10.3. The highest BCUT2D eigenvalue weighted by Gasteiger charge is 2.08. The molecule has 1 aromatic heterocycles. The van der Waals surface area contributed by atoms with Gasteiger partial charge in [-0.3, -0.25) is 9.78 Å². The van der Waals surface area contributed by atoms with Crippen LogP contribution < -0.4 is 0 Å². The molecule has 0 aliphatic rings. The second-order valence-corrected chi connectivity index (χ2v) is 2.58. The number of carboxylic acids is 1. The van der Waals surface area contributed by atoms with E-state index >= 15 is 0 Å². The summed E-state index contributed by atoms with van der Waals surface area (Å²) in [6.07, 6.45) is 2.24. The van der Waals surface area contributed by atoms with E-state index in [0.29, 0.717) is 5.56 Å². The molecule has 0 spiro atoms. The average molecular weight is 188 g/mol. The molecule has 0 fully saturated rings. The van der Waals surface area contributed by atoms with Gasteiger partial charge < -0.3 is 10.2 Å². The monoisotopic (exact) mass is 187 g/mol. The van der Waals surface area contributed by atoms with Crippen molar-refractivity contribution in [1.29, 1.82) is 0 Å². The zero-order valence-corrected chi connectivity index (χ0v) is 6.75. The average Bonchev–Trinajstić information content (AvgIpc) is 1.98. The SMILES string of the molecule is O=C(O)Cc1cncc(O)c1Cl. The molecule has 0 radical (unpaired) electrons. The van der Waals surface area contributed by atoms with Crippen LogP contribution in [0.2, 0.25) is 5.02 Å². The Hall–Kier alpha value is -1.29. The summed E-state index contributed by atoms with van der Waals surface area (Å²) >= 11 is 5.58. The molecule has 1 heterocycles. The second kappa shape index (κ2) is 3.40. The van der Waals surface area contributed by atoms with Crippen LogP contribution in [0.1, 0.15) is 5.56 Å². The summed E-state index contributed by atoms with van der Waals surface area (Å²) in [7, 11) is 0. The number of pyridine rings is 1. The Balaban J connectivity index is 3.00. The van der Waals surface area contributed by atoms with Gasteiger partial charge in [0.2, 0.25) is 0 Å². The van der Waals surface area contributed by atoms with E-state index in [2.05, 4.69) is 4.98 Å². The lowest BCUT2D eigenvalue weighted by Gasteiger charge is -2.00. The Labute approximate surface area is 73.4 Å². The fourth-order valence-corrected chi connectivity index (χ4v) is 0.926. The van der Waals surface area contributed by atoms with Crippen LogP contribution in [0.5, 0.6) is 5.75 Å². The summed E-state index contributed by atoms with van der Waals surface area (Å²) in [6.45, 7) is 0. The summed E-state index contributed by atoms with van der Waals surface area (Å²) in [5.41, 5.74) is 0.309. The van der Waals surface area contributed by atoms with E-state index in [1.165, 1.54) is 6.20 Å². The number of carboxylic acid groups (broad SMARTS) is 1. The van der Waals surface area contributed by atoms with Gasteiger partial charge in [-0.1, -0.05) is 11.6 Å². The quantitative estimate of drug-likeness (QED) is 0.727. The van der Waals surface area contributed by atoms with Crippen molar-refractivity contribution in [1.82, 2.24) is 4.98 Å². The lowest BCUT2D eigenvalue weighted by atomic mass is 10.2. The first-order chi connectivity index (χ1) is 5.61. The zero-order valence-electron chi connectivity index (χ0n) is 5.99. The Bertz CT molecular complexity index is 314. The van der Waals surface area contributed by atoms with E-state index < -0.39 is 5.97 Å². The van der Waals surface area contributed by atoms with Gasteiger partial charge in [0.15, 0.2) is 5.75 Å². The first-order valence-electron chi connectivity index (χ1n) is 3.14. The number of aliphatic carboxylic acids is 1. The molecular formula is C7H6ClNO3. The molecule has 12 heavy (non-hydrogen) atoms. The van der Waals surface area contributed by atoms with Gasteiger partial charge in [-0.25, -0.2) is 0 Å². The maximum Gasteiger partial charge on any atom is 0.307 e. The van der Waals surface area contributed by atoms with Crippen LogP contribution in [-0.4, -0.2) is 21.2 Å². The summed E-state index contributed by atoms with van der Waals surface area (Å²) in [5, 5.41) is 17.5. The third kappa shape index (κ3) is 1.85. The topological polar surface area (TPSA) is 70.4 Å². The highest BCUT2D eigenvalue weighted by atomic mass is 35.5. The molecule has 0 saturated carbocycles. The van der Waals surface area contributed by atoms with Crippen molar-refractivity contribution in [3.8, 4) is 5.75 Å². The molecule has 4 nitrogen and oxygen atoms in total. The Morgan fingerprint density at radius 2 is 2.25 bits per heavy atom. The minimum atomic E-state index is -1.01. The van der Waals surface area contributed by atoms with Crippen LogP contribution in [-0.2, 0) is 11.2 Å². The van der Waals surface area contributed by atoms with Crippen molar-refractivity contribution in [2.75, 3.05) is 0 Å². The highest BCUT2D eigenvalue weighted by Crippen LogP contribution is 2.25. The molecule has 0 atom stereocenters. The Kier molecular flexibility index (Phi) is 2.50. The van der Waals surface area contributed by atoms with Gasteiger partial charge in [0, 0.05) is 11.8 Å². The highest BCUT2D eigenvalue weighted by molar-refractivity contribution is 6.32. The van der Waals surface area contributed by atoms with Crippen molar-refractivity contribution in [3.05, 3.63) is 23.0 Å². The van der Waals surface area contributed by atoms with E-state index in [9.17, 15) is 4.79 Å². The van der Waals surface area contributed by atoms with E-state index in [1.807, 2.05) is 0 Å². The number of carbonyl (C=O) groups is 1. The third-order valence-corrected chi connectivity index (χ3v) is 1.71. The number of aromatic hydroxyl groups is 1. The minimum absolute atomic E-state index is 0.0485. The third-order valence-electron chi connectivity index (χ3n) is 1.28.